The molecule has 1 aromatic carbocycles. The number of likely N-dealkylation sites (tertiary alicyclic amines) is 1. The number of pyridine rings is 2. The molecule has 4 rings (SSSR count). The smallest absolute Gasteiger partial charge is 0.433 e. The maximum atomic E-state index is 13.4. The molecule has 1 amide bonds. The van der Waals surface area contributed by atoms with Gasteiger partial charge in [0.15, 0.2) is 5.69 Å². The summed E-state index contributed by atoms with van der Waals surface area (Å²) in [5.41, 5.74) is -0.183. The maximum Gasteiger partial charge on any atom is 0.433 e. The molecule has 6 nitrogen and oxygen atoms in total. The zero-order valence-electron chi connectivity index (χ0n) is 19.5. The lowest BCUT2D eigenvalue weighted by Gasteiger charge is -2.32. The highest BCUT2D eigenvalue weighted by atomic mass is 35.5. The molecule has 1 aliphatic heterocycles. The quantitative estimate of drug-likeness (QED) is 0.321. The van der Waals surface area contributed by atoms with E-state index in [1.54, 1.807) is 0 Å². The number of rotatable bonds is 6. The fourth-order valence-electron chi connectivity index (χ4n) is 4.23. The summed E-state index contributed by atoms with van der Waals surface area (Å²) in [6.07, 6.45) is 1.60. The van der Waals surface area contributed by atoms with Crippen LogP contribution in [0.1, 0.15) is 46.1 Å². The number of aromatic nitrogens is 2. The van der Waals surface area contributed by atoms with Crippen molar-refractivity contribution >= 4 is 40.9 Å². The first-order chi connectivity index (χ1) is 17.6. The summed E-state index contributed by atoms with van der Waals surface area (Å²) in [5, 5.41) is 12.8. The fraction of sp³-hybridized carbons (Fsp3) is 0.269. The van der Waals surface area contributed by atoms with Gasteiger partial charge in [-0.2, -0.15) is 13.2 Å². The second kappa shape index (κ2) is 11.7. The number of piperidine rings is 1. The van der Waals surface area contributed by atoms with Crippen molar-refractivity contribution in [2.75, 3.05) is 19.6 Å². The summed E-state index contributed by atoms with van der Waals surface area (Å²) in [7, 11) is 0. The first-order valence-electron chi connectivity index (χ1n) is 11.5. The predicted molar refractivity (Wildman–Crippen MR) is 136 cm³/mol. The zero-order valence-corrected chi connectivity index (χ0v) is 21.0. The summed E-state index contributed by atoms with van der Waals surface area (Å²) in [6, 6.07) is 11.8. The Hall–Kier alpha value is -2.82. The Bertz CT molecular complexity index is 1280. The molecule has 0 radical (unpaired) electrons. The Morgan fingerprint density at radius 1 is 1.11 bits per heavy atom. The third-order valence-corrected chi connectivity index (χ3v) is 6.63. The van der Waals surface area contributed by atoms with Crippen molar-refractivity contribution in [1.29, 1.82) is 0 Å². The van der Waals surface area contributed by atoms with E-state index >= 15 is 0 Å². The van der Waals surface area contributed by atoms with Crippen molar-refractivity contribution in [3.05, 3.63) is 98.7 Å². The maximum absolute atomic E-state index is 13.4. The number of nitrogens with one attached hydrogen (secondary N) is 1. The second-order valence-electron chi connectivity index (χ2n) is 8.68. The Labute approximate surface area is 221 Å². The summed E-state index contributed by atoms with van der Waals surface area (Å²) in [4.78, 5) is 22.6. The van der Waals surface area contributed by atoms with Crippen molar-refractivity contribution in [2.24, 2.45) is 0 Å². The number of quaternary nitrogens is 1. The van der Waals surface area contributed by atoms with Crippen molar-refractivity contribution in [2.45, 2.75) is 24.9 Å². The van der Waals surface area contributed by atoms with E-state index in [-0.39, 0.29) is 22.1 Å². The van der Waals surface area contributed by atoms with E-state index in [1.807, 2.05) is 36.4 Å². The van der Waals surface area contributed by atoms with Crippen LogP contribution in [-0.2, 0) is 6.18 Å². The number of hydrogen-bond acceptors (Lipinski definition) is 5. The largest absolute Gasteiger partial charge is 0.621 e. The second-order valence-corrected chi connectivity index (χ2v) is 9.51. The van der Waals surface area contributed by atoms with E-state index in [2.05, 4.69) is 14.9 Å². The topological polar surface area (TPSA) is 73.6 Å². The Morgan fingerprint density at radius 3 is 2.46 bits per heavy atom. The van der Waals surface area contributed by atoms with Crippen molar-refractivity contribution in [1.82, 2.24) is 14.9 Å². The van der Waals surface area contributed by atoms with Crippen LogP contribution in [0.2, 0.25) is 10.2 Å². The van der Waals surface area contributed by atoms with Crippen molar-refractivity contribution in [3.63, 3.8) is 0 Å². The SMILES string of the molecule is O=C(c1ccnc(Cl)c1)[NH+]([O-])c1ccc(C(F)(F)F)nc1C1CCN(CC=Cc2ccc(Cl)cc2)CC1. The highest BCUT2D eigenvalue weighted by molar-refractivity contribution is 6.30. The molecule has 11 heteroatoms. The lowest BCUT2D eigenvalue weighted by Crippen LogP contribution is -3.05. The molecule has 3 aromatic rings. The molecule has 1 unspecified atom stereocenters. The molecule has 37 heavy (non-hydrogen) atoms. The molecule has 1 N–H and O–H groups in total. The van der Waals surface area contributed by atoms with Crippen LogP contribution in [0.25, 0.3) is 6.08 Å². The van der Waals surface area contributed by atoms with Gasteiger partial charge in [-0.15, -0.1) is 0 Å². The number of halogens is 5. The molecule has 1 fully saturated rings. The Morgan fingerprint density at radius 2 is 1.81 bits per heavy atom. The number of nitrogens with zero attached hydrogens (tertiary/aromatic N) is 3. The lowest BCUT2D eigenvalue weighted by atomic mass is 9.91. The van der Waals surface area contributed by atoms with Gasteiger partial charge in [0, 0.05) is 29.7 Å². The van der Waals surface area contributed by atoms with E-state index in [0.29, 0.717) is 37.5 Å². The van der Waals surface area contributed by atoms with E-state index in [9.17, 15) is 23.2 Å². The molecule has 2 aromatic heterocycles. The monoisotopic (exact) mass is 550 g/mol. The van der Waals surface area contributed by atoms with Crippen LogP contribution in [0, 0.1) is 5.21 Å². The summed E-state index contributed by atoms with van der Waals surface area (Å²) >= 11 is 11.7. The van der Waals surface area contributed by atoms with Crippen LogP contribution < -0.4 is 5.06 Å². The Kier molecular flexibility index (Phi) is 8.61. The van der Waals surface area contributed by atoms with Crippen LogP contribution in [-0.4, -0.2) is 40.4 Å². The van der Waals surface area contributed by atoms with E-state index < -0.39 is 28.8 Å². The van der Waals surface area contributed by atoms with E-state index in [4.69, 9.17) is 23.2 Å². The van der Waals surface area contributed by atoms with Crippen LogP contribution >= 0.6 is 23.2 Å². The molecule has 194 valence electrons. The Balaban J connectivity index is 1.50. The number of carbonyl (C=O) groups is 1. The van der Waals surface area contributed by atoms with Crippen LogP contribution in [0.5, 0.6) is 0 Å². The molecule has 0 spiro atoms. The summed E-state index contributed by atoms with van der Waals surface area (Å²) in [6.45, 7) is 1.88. The van der Waals surface area contributed by atoms with Crippen molar-refractivity contribution in [3.8, 4) is 0 Å². The first kappa shape index (κ1) is 27.2. The minimum atomic E-state index is -4.67. The van der Waals surface area contributed by atoms with Gasteiger partial charge in [0.05, 0.1) is 5.56 Å². The fourth-order valence-corrected chi connectivity index (χ4v) is 4.53. The third kappa shape index (κ3) is 6.94. The summed E-state index contributed by atoms with van der Waals surface area (Å²) < 4.78 is 40.3. The predicted octanol–water partition coefficient (Wildman–Crippen LogP) is 5.55. The molecular weight excluding hydrogens is 528 g/mol. The van der Waals surface area contributed by atoms with Gasteiger partial charge < -0.3 is 5.21 Å². The number of benzene rings is 1. The van der Waals surface area contributed by atoms with Gasteiger partial charge >= 0.3 is 12.1 Å². The minimum Gasteiger partial charge on any atom is -0.621 e. The molecule has 1 aliphatic rings. The number of alkyl halides is 3. The molecule has 0 bridgehead atoms. The van der Waals surface area contributed by atoms with Gasteiger partial charge in [-0.1, -0.05) is 47.5 Å². The molecule has 1 atom stereocenters. The average molecular weight is 551 g/mol. The normalized spacial score (nSPS) is 16.3. The average Bonchev–Trinajstić information content (AvgIpc) is 2.88. The van der Waals surface area contributed by atoms with E-state index in [1.165, 1.54) is 18.3 Å². The van der Waals surface area contributed by atoms with Gasteiger partial charge in [-0.25, -0.2) is 14.8 Å². The molecular formula is C26H23Cl2F3N4O2. The third-order valence-electron chi connectivity index (χ3n) is 6.17. The number of hydrogen-bond donors (Lipinski definition) is 1. The first-order valence-corrected chi connectivity index (χ1v) is 12.3. The highest BCUT2D eigenvalue weighted by Crippen LogP contribution is 2.34. The minimum absolute atomic E-state index is 0.00434. The molecule has 1 saturated heterocycles. The van der Waals surface area contributed by atoms with Crippen LogP contribution in [0.3, 0.4) is 0 Å². The lowest BCUT2D eigenvalue weighted by molar-refractivity contribution is -0.680. The number of hydroxylamine groups is 1. The van der Waals surface area contributed by atoms with Gasteiger partial charge in [0.2, 0.25) is 0 Å². The standard InChI is InChI=1S/C26H23Cl2F3N4O2/c27-20-5-3-17(4-6-20)2-1-13-34-14-10-18(11-15-34)24-21(7-8-22(33-24)26(29,30)31)35(37)25(36)19-9-12-32-23(28)16-19/h1-9,12,16,18,35H,10-11,13-15H2. The molecule has 0 aliphatic carbocycles. The zero-order chi connectivity index (χ0) is 26.6. The number of carbonyl (C=O) groups excluding carboxylic acids is 1. The van der Waals surface area contributed by atoms with E-state index in [0.717, 1.165) is 17.7 Å². The van der Waals surface area contributed by atoms with Crippen LogP contribution in [0.15, 0.2) is 60.8 Å². The van der Waals surface area contributed by atoms with Crippen LogP contribution in [0.4, 0.5) is 18.9 Å². The highest BCUT2D eigenvalue weighted by Gasteiger charge is 2.36. The van der Waals surface area contributed by atoms with Gasteiger partial charge in [-0.05, 0) is 61.8 Å². The van der Waals surface area contributed by atoms with Crippen molar-refractivity contribution < 1.29 is 23.0 Å². The molecule has 0 saturated carbocycles. The van der Waals surface area contributed by atoms with Gasteiger partial charge in [0.25, 0.3) is 0 Å². The van der Waals surface area contributed by atoms with Gasteiger partial charge in [0.1, 0.15) is 16.5 Å². The van der Waals surface area contributed by atoms with Gasteiger partial charge in [-0.3, -0.25) is 9.96 Å². The number of amides is 1. The summed E-state index contributed by atoms with van der Waals surface area (Å²) in [5.74, 6) is -1.27. The molecule has 3 heterocycles.